The Hall–Kier alpha value is -3.95. The van der Waals surface area contributed by atoms with Crippen LogP contribution in [0.4, 0.5) is 5.69 Å². The second kappa shape index (κ2) is 10.2. The van der Waals surface area contributed by atoms with E-state index in [4.69, 9.17) is 4.74 Å². The highest BCUT2D eigenvalue weighted by Crippen LogP contribution is 2.18. The molecule has 0 aliphatic rings. The normalized spacial score (nSPS) is 10.7. The number of anilines is 1. The molecule has 0 saturated heterocycles. The fraction of sp³-hybridized carbons (Fsp3) is 0.286. The number of amides is 2. The van der Waals surface area contributed by atoms with Gasteiger partial charge in [-0.25, -0.2) is 9.59 Å². The average Bonchev–Trinajstić information content (AvgIpc) is 2.73. The van der Waals surface area contributed by atoms with Crippen molar-refractivity contribution in [2.45, 2.75) is 13.8 Å². The minimum absolute atomic E-state index is 0.106. The Bertz CT molecular complexity index is 1140. The van der Waals surface area contributed by atoms with Gasteiger partial charge in [-0.2, -0.15) is 0 Å². The van der Waals surface area contributed by atoms with Crippen LogP contribution in [0.25, 0.3) is 6.08 Å². The molecular weight excluding hydrogens is 404 g/mol. The van der Waals surface area contributed by atoms with Crippen molar-refractivity contribution in [3.8, 4) is 0 Å². The zero-order valence-electron chi connectivity index (χ0n) is 17.7. The summed E-state index contributed by atoms with van der Waals surface area (Å²) in [5, 5.41) is 5.08. The first kappa shape index (κ1) is 23.3. The molecule has 2 amide bonds. The topological polar surface area (TPSA) is 128 Å². The predicted octanol–water partition coefficient (Wildman–Crippen LogP) is 0.0121. The molecule has 0 atom stereocenters. The molecular formula is C21H24N4O6. The van der Waals surface area contributed by atoms with Crippen LogP contribution in [0, 0.1) is 13.8 Å². The van der Waals surface area contributed by atoms with E-state index in [2.05, 4.69) is 10.6 Å². The molecule has 0 bridgehead atoms. The molecule has 2 N–H and O–H groups in total. The third-order valence-corrected chi connectivity index (χ3v) is 4.41. The van der Waals surface area contributed by atoms with Crippen molar-refractivity contribution in [2.24, 2.45) is 14.1 Å². The zero-order chi connectivity index (χ0) is 23.1. The van der Waals surface area contributed by atoms with Gasteiger partial charge in [0.25, 0.3) is 11.5 Å². The van der Waals surface area contributed by atoms with Crippen molar-refractivity contribution < 1.29 is 19.1 Å². The first-order valence-corrected chi connectivity index (χ1v) is 9.34. The van der Waals surface area contributed by atoms with E-state index in [9.17, 15) is 24.0 Å². The largest absolute Gasteiger partial charge is 0.452 e. The third kappa shape index (κ3) is 6.26. The Labute approximate surface area is 178 Å². The molecule has 0 saturated carbocycles. The van der Waals surface area contributed by atoms with Gasteiger partial charge in [-0.3, -0.25) is 19.0 Å². The van der Waals surface area contributed by atoms with Gasteiger partial charge < -0.3 is 19.9 Å². The van der Waals surface area contributed by atoms with Crippen LogP contribution in [0.3, 0.4) is 0 Å². The smallest absolute Gasteiger partial charge is 0.331 e. The van der Waals surface area contributed by atoms with Crippen LogP contribution in [0.1, 0.15) is 16.7 Å². The van der Waals surface area contributed by atoms with Crippen LogP contribution >= 0.6 is 0 Å². The van der Waals surface area contributed by atoms with E-state index in [0.717, 1.165) is 21.8 Å². The van der Waals surface area contributed by atoms with Gasteiger partial charge in [-0.05, 0) is 31.1 Å². The first-order valence-electron chi connectivity index (χ1n) is 9.34. The molecule has 0 aliphatic carbocycles. The average molecular weight is 428 g/mol. The number of ether oxygens (including phenoxy) is 1. The standard InChI is InChI=1S/C21H24N4O6/c1-13-6-5-7-14(2)19(13)23-16(26)10-22-17(27)12-31-18(28)9-8-15-11-24(3)21(30)25(4)20(15)29/h5-9,11H,10,12H2,1-4H3,(H,22,27)(H,23,26)/b9-8+. The van der Waals surface area contributed by atoms with Crippen LogP contribution < -0.4 is 21.9 Å². The van der Waals surface area contributed by atoms with Crippen LogP contribution in [-0.4, -0.2) is 40.1 Å². The van der Waals surface area contributed by atoms with Crippen LogP contribution in [0.15, 0.2) is 40.1 Å². The summed E-state index contributed by atoms with van der Waals surface area (Å²) in [6.45, 7) is 2.84. The lowest BCUT2D eigenvalue weighted by molar-refractivity contribution is -0.143. The number of para-hydroxylation sites is 1. The summed E-state index contributed by atoms with van der Waals surface area (Å²) in [4.78, 5) is 59.2. The van der Waals surface area contributed by atoms with E-state index in [1.165, 1.54) is 30.9 Å². The fourth-order valence-electron chi connectivity index (χ4n) is 2.72. The Kier molecular flexibility index (Phi) is 7.67. The molecule has 2 rings (SSSR count). The van der Waals surface area contributed by atoms with Crippen LogP contribution in [0.2, 0.25) is 0 Å². The summed E-state index contributed by atoms with van der Waals surface area (Å²) >= 11 is 0. The van der Waals surface area contributed by atoms with E-state index in [1.807, 2.05) is 32.0 Å². The lowest BCUT2D eigenvalue weighted by atomic mass is 10.1. The molecule has 2 aromatic rings. The maximum atomic E-state index is 12.0. The summed E-state index contributed by atoms with van der Waals surface area (Å²) in [6, 6.07) is 5.60. The number of esters is 1. The minimum Gasteiger partial charge on any atom is -0.452 e. The van der Waals surface area contributed by atoms with Gasteiger partial charge in [0.1, 0.15) is 0 Å². The number of benzene rings is 1. The highest BCUT2D eigenvalue weighted by molar-refractivity contribution is 5.96. The monoisotopic (exact) mass is 428 g/mol. The number of hydrogen-bond donors (Lipinski definition) is 2. The molecule has 1 aromatic carbocycles. The number of nitrogens with zero attached hydrogens (tertiary/aromatic N) is 2. The lowest BCUT2D eigenvalue weighted by Gasteiger charge is -2.11. The minimum atomic E-state index is -0.856. The number of hydrogen-bond acceptors (Lipinski definition) is 6. The number of carbonyl (C=O) groups is 3. The molecule has 31 heavy (non-hydrogen) atoms. The summed E-state index contributed by atoms with van der Waals surface area (Å²) in [5.74, 6) is -1.93. The van der Waals surface area contributed by atoms with Crippen molar-refractivity contribution in [1.82, 2.24) is 14.5 Å². The molecule has 0 fully saturated rings. The Morgan fingerprint density at radius 2 is 1.71 bits per heavy atom. The Morgan fingerprint density at radius 3 is 2.35 bits per heavy atom. The van der Waals surface area contributed by atoms with Gasteiger partial charge in [0, 0.05) is 32.1 Å². The molecule has 0 spiro atoms. The summed E-state index contributed by atoms with van der Waals surface area (Å²) in [6.07, 6.45) is 3.46. The highest BCUT2D eigenvalue weighted by atomic mass is 16.5. The molecule has 1 heterocycles. The second-order valence-corrected chi connectivity index (χ2v) is 6.87. The van der Waals surface area contributed by atoms with Gasteiger partial charge in [0.05, 0.1) is 12.1 Å². The van der Waals surface area contributed by atoms with Crippen molar-refractivity contribution in [3.05, 3.63) is 68.0 Å². The van der Waals surface area contributed by atoms with Gasteiger partial charge in [0.15, 0.2) is 6.61 Å². The SMILES string of the molecule is Cc1cccc(C)c1NC(=O)CNC(=O)COC(=O)/C=C/c1cn(C)c(=O)n(C)c1=O. The van der Waals surface area contributed by atoms with Gasteiger partial charge in [0.2, 0.25) is 5.91 Å². The van der Waals surface area contributed by atoms with Crippen molar-refractivity contribution in [1.29, 1.82) is 0 Å². The molecule has 0 radical (unpaired) electrons. The van der Waals surface area contributed by atoms with Crippen LogP contribution in [0.5, 0.6) is 0 Å². The summed E-state index contributed by atoms with van der Waals surface area (Å²) < 4.78 is 6.89. The molecule has 10 heteroatoms. The van der Waals surface area contributed by atoms with Crippen molar-refractivity contribution >= 4 is 29.5 Å². The number of carbonyl (C=O) groups excluding carboxylic acids is 3. The van der Waals surface area contributed by atoms with Gasteiger partial charge in [-0.1, -0.05) is 18.2 Å². The van der Waals surface area contributed by atoms with E-state index in [0.29, 0.717) is 5.69 Å². The second-order valence-electron chi connectivity index (χ2n) is 6.87. The van der Waals surface area contributed by atoms with Crippen molar-refractivity contribution in [3.63, 3.8) is 0 Å². The number of aromatic nitrogens is 2. The molecule has 0 aliphatic heterocycles. The Morgan fingerprint density at radius 1 is 1.06 bits per heavy atom. The summed E-state index contributed by atoms with van der Waals surface area (Å²) in [7, 11) is 2.79. The highest BCUT2D eigenvalue weighted by Gasteiger charge is 2.11. The predicted molar refractivity (Wildman–Crippen MR) is 114 cm³/mol. The quantitative estimate of drug-likeness (QED) is 0.472. The van der Waals surface area contributed by atoms with E-state index in [-0.39, 0.29) is 12.1 Å². The molecule has 1 aromatic heterocycles. The van der Waals surface area contributed by atoms with Gasteiger partial charge >= 0.3 is 11.7 Å². The number of nitrogens with one attached hydrogen (secondary N) is 2. The van der Waals surface area contributed by atoms with E-state index >= 15 is 0 Å². The van der Waals surface area contributed by atoms with E-state index in [1.54, 1.807) is 0 Å². The molecule has 10 nitrogen and oxygen atoms in total. The Balaban J connectivity index is 1.83. The number of aryl methyl sites for hydroxylation is 3. The first-order chi connectivity index (χ1) is 14.6. The fourth-order valence-corrected chi connectivity index (χ4v) is 2.72. The molecule has 0 unspecified atom stereocenters. The molecule has 164 valence electrons. The summed E-state index contributed by atoms with van der Waals surface area (Å²) in [5.41, 5.74) is 1.52. The zero-order valence-corrected chi connectivity index (χ0v) is 17.7. The van der Waals surface area contributed by atoms with E-state index < -0.39 is 35.6 Å². The lowest BCUT2D eigenvalue weighted by Crippen LogP contribution is -2.37. The maximum absolute atomic E-state index is 12.0. The van der Waals surface area contributed by atoms with Gasteiger partial charge in [-0.15, -0.1) is 0 Å². The third-order valence-electron chi connectivity index (χ3n) is 4.41. The number of rotatable bonds is 7. The van der Waals surface area contributed by atoms with Crippen LogP contribution in [-0.2, 0) is 33.2 Å². The maximum Gasteiger partial charge on any atom is 0.331 e. The van der Waals surface area contributed by atoms with Crippen molar-refractivity contribution in [2.75, 3.05) is 18.5 Å².